The van der Waals surface area contributed by atoms with E-state index in [2.05, 4.69) is 30.3 Å². The molecule has 3 aromatic heterocycles. The van der Waals surface area contributed by atoms with Crippen LogP contribution in [0.3, 0.4) is 0 Å². The van der Waals surface area contributed by atoms with Gasteiger partial charge >= 0.3 is 0 Å². The molecule has 5 rings (SSSR count). The number of amides is 1. The van der Waals surface area contributed by atoms with Crippen LogP contribution in [0.1, 0.15) is 18.5 Å². The molecule has 0 saturated carbocycles. The summed E-state index contributed by atoms with van der Waals surface area (Å²) in [4.78, 5) is 28.3. The number of carbonyl (C=O) groups excluding carboxylic acids is 1. The van der Waals surface area contributed by atoms with E-state index in [0.717, 1.165) is 55.0 Å². The van der Waals surface area contributed by atoms with Crippen LogP contribution in [0.4, 0.5) is 5.82 Å². The molecule has 1 amide bonds. The fourth-order valence-corrected chi connectivity index (χ4v) is 4.35. The highest BCUT2D eigenvalue weighted by atomic mass is 35.5. The Hall–Kier alpha value is -3.78. The molecule has 1 N–H and O–H groups in total. The fraction of sp³-hybridized carbons (Fsp3) is 0.269. The lowest BCUT2D eigenvalue weighted by Crippen LogP contribution is -2.41. The first kappa shape index (κ1) is 23.0. The largest absolute Gasteiger partial charge is 0.356 e. The smallest absolute Gasteiger partial charge is 0.261 e. The van der Waals surface area contributed by atoms with E-state index in [9.17, 15) is 4.79 Å². The molecule has 0 unspecified atom stereocenters. The van der Waals surface area contributed by atoms with E-state index < -0.39 is 0 Å². The van der Waals surface area contributed by atoms with Gasteiger partial charge in [-0.1, -0.05) is 22.8 Å². The van der Waals surface area contributed by atoms with Crippen LogP contribution in [0.25, 0.3) is 22.8 Å². The number of hydrogen-bond acceptors (Lipinski definition) is 7. The quantitative estimate of drug-likeness (QED) is 0.411. The summed E-state index contributed by atoms with van der Waals surface area (Å²) in [6.07, 6.45) is 5.76. The number of nitrogens with one attached hydrogen (secondary N) is 1. The molecular weight excluding hydrogens is 464 g/mol. The van der Waals surface area contributed by atoms with Crippen molar-refractivity contribution in [1.29, 1.82) is 0 Å². The van der Waals surface area contributed by atoms with Crippen molar-refractivity contribution < 1.29 is 9.32 Å². The Morgan fingerprint density at radius 1 is 1.03 bits per heavy atom. The summed E-state index contributed by atoms with van der Waals surface area (Å²) in [5.74, 6) is 1.78. The summed E-state index contributed by atoms with van der Waals surface area (Å²) in [5, 5.41) is 7.84. The minimum atomic E-state index is -0.0120. The Balaban J connectivity index is 1.21. The summed E-state index contributed by atoms with van der Waals surface area (Å²) >= 11 is 5.98. The first-order valence-corrected chi connectivity index (χ1v) is 12.0. The predicted octanol–water partition coefficient (Wildman–Crippen LogP) is 4.42. The molecule has 0 radical (unpaired) electrons. The topological polar surface area (TPSA) is 97.0 Å². The number of hydrogen-bond donors (Lipinski definition) is 1. The van der Waals surface area contributed by atoms with Crippen LogP contribution in [0.2, 0.25) is 5.02 Å². The molecule has 8 nitrogen and oxygen atoms in total. The van der Waals surface area contributed by atoms with Crippen molar-refractivity contribution in [2.45, 2.75) is 19.3 Å². The summed E-state index contributed by atoms with van der Waals surface area (Å²) < 4.78 is 5.58. The molecule has 4 aromatic rings. The Morgan fingerprint density at radius 3 is 2.60 bits per heavy atom. The van der Waals surface area contributed by atoms with Crippen LogP contribution in [0.5, 0.6) is 0 Å². The molecule has 1 aromatic carbocycles. The Bertz CT molecular complexity index is 1270. The van der Waals surface area contributed by atoms with Crippen molar-refractivity contribution in [3.63, 3.8) is 0 Å². The van der Waals surface area contributed by atoms with Crippen molar-refractivity contribution >= 4 is 23.3 Å². The standard InChI is InChI=1S/C26H25ClN6O2/c27-20-8-6-18(7-9-20)23-31-26(35-32-23)22-5-3-14-29-24(22)33-16-11-19(12-17-33)25(34)30-15-10-21-4-1-2-13-28-21/h1-9,13-14,19H,10-12,15-17H2,(H,30,34). The van der Waals surface area contributed by atoms with Crippen molar-refractivity contribution in [2.75, 3.05) is 24.5 Å². The van der Waals surface area contributed by atoms with Crippen molar-refractivity contribution in [1.82, 2.24) is 25.4 Å². The third kappa shape index (κ3) is 5.49. The average Bonchev–Trinajstić information content (AvgIpc) is 3.40. The van der Waals surface area contributed by atoms with E-state index in [1.54, 1.807) is 24.5 Å². The maximum Gasteiger partial charge on any atom is 0.261 e. The van der Waals surface area contributed by atoms with Gasteiger partial charge in [0, 0.05) is 60.6 Å². The monoisotopic (exact) mass is 488 g/mol. The average molecular weight is 489 g/mol. The second-order valence-electron chi connectivity index (χ2n) is 8.43. The second-order valence-corrected chi connectivity index (χ2v) is 8.86. The molecule has 1 aliphatic heterocycles. The number of halogens is 1. The van der Waals surface area contributed by atoms with Crippen LogP contribution in [0.15, 0.2) is 71.5 Å². The maximum absolute atomic E-state index is 12.7. The lowest BCUT2D eigenvalue weighted by molar-refractivity contribution is -0.125. The van der Waals surface area contributed by atoms with E-state index in [4.69, 9.17) is 16.1 Å². The van der Waals surface area contributed by atoms with Crippen LogP contribution in [0, 0.1) is 5.92 Å². The first-order valence-electron chi connectivity index (χ1n) is 11.6. The minimum Gasteiger partial charge on any atom is -0.356 e. The SMILES string of the molecule is O=C(NCCc1ccccn1)C1CCN(c2ncccc2-c2nc(-c3ccc(Cl)cc3)no2)CC1. The van der Waals surface area contributed by atoms with Gasteiger partial charge in [0.05, 0.1) is 5.56 Å². The van der Waals surface area contributed by atoms with Gasteiger partial charge in [-0.3, -0.25) is 9.78 Å². The fourth-order valence-electron chi connectivity index (χ4n) is 4.22. The van der Waals surface area contributed by atoms with E-state index in [1.165, 1.54) is 0 Å². The van der Waals surface area contributed by atoms with Gasteiger partial charge in [-0.25, -0.2) is 4.98 Å². The van der Waals surface area contributed by atoms with Crippen LogP contribution < -0.4 is 10.2 Å². The van der Waals surface area contributed by atoms with Crippen LogP contribution in [-0.4, -0.2) is 45.7 Å². The molecule has 9 heteroatoms. The van der Waals surface area contributed by atoms with Crippen molar-refractivity contribution in [2.24, 2.45) is 5.92 Å². The number of nitrogens with zero attached hydrogens (tertiary/aromatic N) is 5. The molecule has 1 aliphatic rings. The maximum atomic E-state index is 12.7. The van der Waals surface area contributed by atoms with Gasteiger partial charge in [0.2, 0.25) is 11.7 Å². The van der Waals surface area contributed by atoms with E-state index in [1.807, 2.05) is 42.5 Å². The molecule has 0 bridgehead atoms. The number of carbonyl (C=O) groups is 1. The van der Waals surface area contributed by atoms with E-state index >= 15 is 0 Å². The van der Waals surface area contributed by atoms with Gasteiger partial charge in [-0.15, -0.1) is 0 Å². The second kappa shape index (κ2) is 10.7. The summed E-state index contributed by atoms with van der Waals surface area (Å²) in [5.41, 5.74) is 2.58. The van der Waals surface area contributed by atoms with E-state index in [0.29, 0.717) is 23.3 Å². The third-order valence-corrected chi connectivity index (χ3v) is 6.37. The number of aromatic nitrogens is 4. The molecule has 1 saturated heterocycles. The molecule has 0 atom stereocenters. The summed E-state index contributed by atoms with van der Waals surface area (Å²) in [7, 11) is 0. The molecule has 178 valence electrons. The number of piperidine rings is 1. The number of anilines is 1. The Kier molecular flexibility index (Phi) is 6.99. The Labute approximate surface area is 208 Å². The first-order chi connectivity index (χ1) is 17.2. The minimum absolute atomic E-state index is 0.0120. The zero-order valence-corrected chi connectivity index (χ0v) is 19.9. The molecule has 1 fully saturated rings. The molecule has 0 spiro atoms. The lowest BCUT2D eigenvalue weighted by atomic mass is 9.95. The molecule has 0 aliphatic carbocycles. The number of pyridine rings is 2. The normalized spacial score (nSPS) is 14.1. The molecule has 4 heterocycles. The van der Waals surface area contributed by atoms with Crippen molar-refractivity contribution in [3.05, 3.63) is 77.7 Å². The number of benzene rings is 1. The zero-order valence-electron chi connectivity index (χ0n) is 19.1. The predicted molar refractivity (Wildman–Crippen MR) is 134 cm³/mol. The van der Waals surface area contributed by atoms with Crippen LogP contribution in [-0.2, 0) is 11.2 Å². The number of rotatable bonds is 7. The van der Waals surface area contributed by atoms with E-state index in [-0.39, 0.29) is 11.8 Å². The highest BCUT2D eigenvalue weighted by Crippen LogP contribution is 2.32. The zero-order chi connectivity index (χ0) is 24.0. The highest BCUT2D eigenvalue weighted by Gasteiger charge is 2.27. The van der Waals surface area contributed by atoms with Gasteiger partial charge in [0.25, 0.3) is 5.89 Å². The van der Waals surface area contributed by atoms with Crippen molar-refractivity contribution in [3.8, 4) is 22.8 Å². The summed E-state index contributed by atoms with van der Waals surface area (Å²) in [6.45, 7) is 2.04. The highest BCUT2D eigenvalue weighted by molar-refractivity contribution is 6.30. The Morgan fingerprint density at radius 2 is 1.83 bits per heavy atom. The third-order valence-electron chi connectivity index (χ3n) is 6.12. The van der Waals surface area contributed by atoms with Gasteiger partial charge in [-0.2, -0.15) is 4.98 Å². The van der Waals surface area contributed by atoms with Crippen LogP contribution >= 0.6 is 11.6 Å². The summed E-state index contributed by atoms with van der Waals surface area (Å²) in [6, 6.07) is 16.9. The lowest BCUT2D eigenvalue weighted by Gasteiger charge is -2.32. The van der Waals surface area contributed by atoms with Gasteiger partial charge in [0.1, 0.15) is 5.82 Å². The van der Waals surface area contributed by atoms with Gasteiger partial charge in [0.15, 0.2) is 0 Å². The van der Waals surface area contributed by atoms with Gasteiger partial charge < -0.3 is 14.7 Å². The molecular formula is C26H25ClN6O2. The van der Waals surface area contributed by atoms with Gasteiger partial charge in [-0.05, 0) is 61.4 Å². The molecule has 35 heavy (non-hydrogen) atoms.